The number of phenols is 1. The van der Waals surface area contributed by atoms with Crippen molar-refractivity contribution in [1.29, 1.82) is 0 Å². The highest BCUT2D eigenvalue weighted by atomic mass is 35.5. The Balaban J connectivity index is 1.56. The van der Waals surface area contributed by atoms with Crippen LogP contribution in [-0.4, -0.2) is 29.7 Å². The number of phenolic OH excluding ortho intramolecular Hbond substituents is 1. The Morgan fingerprint density at radius 1 is 1.04 bits per heavy atom. The van der Waals surface area contributed by atoms with Gasteiger partial charge in [0.2, 0.25) is 5.91 Å². The molecule has 2 aromatic carbocycles. The molecule has 27 heavy (non-hydrogen) atoms. The van der Waals surface area contributed by atoms with Gasteiger partial charge < -0.3 is 10.4 Å². The Bertz CT molecular complexity index is 791. The second-order valence-electron chi connectivity index (χ2n) is 5.93. The van der Waals surface area contributed by atoms with E-state index >= 15 is 0 Å². The molecule has 0 heterocycles. The molecule has 0 aliphatic heterocycles. The summed E-state index contributed by atoms with van der Waals surface area (Å²) in [6, 6.07) is 13.4. The highest BCUT2D eigenvalue weighted by Crippen LogP contribution is 2.14. The molecule has 0 bridgehead atoms. The highest BCUT2D eigenvalue weighted by molar-refractivity contribution is 6.33. The molecule has 0 saturated carbocycles. The summed E-state index contributed by atoms with van der Waals surface area (Å²) in [5.74, 6) is -0.175. The SMILES string of the molecule is O=C(CCCCCNC(=O)c1ccccc1Cl)NN=Cc1ccc(O)cc1. The van der Waals surface area contributed by atoms with Crippen LogP contribution < -0.4 is 10.7 Å². The number of benzene rings is 2. The summed E-state index contributed by atoms with van der Waals surface area (Å²) in [6.45, 7) is 0.532. The van der Waals surface area contributed by atoms with Crippen molar-refractivity contribution in [2.45, 2.75) is 25.7 Å². The third-order valence-corrected chi connectivity index (χ3v) is 4.11. The number of halogens is 1. The fraction of sp³-hybridized carbons (Fsp3) is 0.250. The molecular formula is C20H22ClN3O3. The number of hydrogen-bond acceptors (Lipinski definition) is 4. The molecule has 2 rings (SSSR count). The summed E-state index contributed by atoms with van der Waals surface area (Å²) < 4.78 is 0. The van der Waals surface area contributed by atoms with Crippen LogP contribution in [0.3, 0.4) is 0 Å². The first-order valence-electron chi connectivity index (χ1n) is 8.70. The first kappa shape index (κ1) is 20.5. The van der Waals surface area contributed by atoms with Crippen LogP contribution in [0.15, 0.2) is 53.6 Å². The van der Waals surface area contributed by atoms with E-state index in [1.807, 2.05) is 0 Å². The van der Waals surface area contributed by atoms with Gasteiger partial charge in [0, 0.05) is 13.0 Å². The van der Waals surface area contributed by atoms with Crippen LogP contribution in [0.1, 0.15) is 41.6 Å². The average Bonchev–Trinajstić information content (AvgIpc) is 2.66. The van der Waals surface area contributed by atoms with E-state index < -0.39 is 0 Å². The van der Waals surface area contributed by atoms with E-state index in [1.165, 1.54) is 6.21 Å². The standard InChI is InChI=1S/C20H22ClN3O3/c21-18-7-4-3-6-17(18)20(27)22-13-5-1-2-8-19(26)24-23-14-15-9-11-16(25)12-10-15/h3-4,6-7,9-12,14,25H,1-2,5,8,13H2,(H,22,27)(H,24,26). The molecule has 0 radical (unpaired) electrons. The van der Waals surface area contributed by atoms with E-state index in [4.69, 9.17) is 11.6 Å². The lowest BCUT2D eigenvalue weighted by Crippen LogP contribution is -2.24. The van der Waals surface area contributed by atoms with Crippen LogP contribution in [0.2, 0.25) is 5.02 Å². The van der Waals surface area contributed by atoms with Gasteiger partial charge in [-0.15, -0.1) is 0 Å². The molecule has 0 saturated heterocycles. The Morgan fingerprint density at radius 3 is 2.52 bits per heavy atom. The normalized spacial score (nSPS) is 10.7. The number of nitrogens with zero attached hydrogens (tertiary/aromatic N) is 1. The summed E-state index contributed by atoms with van der Waals surface area (Å²) in [5, 5.41) is 16.3. The molecule has 0 unspecified atom stereocenters. The van der Waals surface area contributed by atoms with Crippen LogP contribution in [0.25, 0.3) is 0 Å². The zero-order valence-electron chi connectivity index (χ0n) is 14.8. The first-order valence-corrected chi connectivity index (χ1v) is 9.08. The van der Waals surface area contributed by atoms with Gasteiger partial charge in [0.05, 0.1) is 16.8 Å². The van der Waals surface area contributed by atoms with E-state index in [-0.39, 0.29) is 17.6 Å². The summed E-state index contributed by atoms with van der Waals surface area (Å²) in [7, 11) is 0. The van der Waals surface area contributed by atoms with Crippen LogP contribution in [0.5, 0.6) is 5.75 Å². The topological polar surface area (TPSA) is 90.8 Å². The van der Waals surface area contributed by atoms with Crippen LogP contribution in [0, 0.1) is 0 Å². The molecule has 2 aromatic rings. The maximum atomic E-state index is 12.0. The molecule has 0 fully saturated rings. The number of unbranched alkanes of at least 4 members (excludes halogenated alkanes) is 2. The predicted octanol–water partition coefficient (Wildman–Crippen LogP) is 3.49. The van der Waals surface area contributed by atoms with E-state index in [0.717, 1.165) is 18.4 Å². The summed E-state index contributed by atoms with van der Waals surface area (Å²) in [4.78, 5) is 23.7. The third kappa shape index (κ3) is 7.50. The third-order valence-electron chi connectivity index (χ3n) is 3.78. The van der Waals surface area contributed by atoms with Gasteiger partial charge in [0.1, 0.15) is 5.75 Å². The van der Waals surface area contributed by atoms with Crippen molar-refractivity contribution in [3.8, 4) is 5.75 Å². The van der Waals surface area contributed by atoms with E-state index in [2.05, 4.69) is 15.8 Å². The molecule has 3 N–H and O–H groups in total. The van der Waals surface area contributed by atoms with Gasteiger partial charge in [-0.25, -0.2) is 5.43 Å². The molecule has 0 aliphatic carbocycles. The highest BCUT2D eigenvalue weighted by Gasteiger charge is 2.08. The molecule has 7 heteroatoms. The van der Waals surface area contributed by atoms with Gasteiger partial charge in [-0.3, -0.25) is 9.59 Å². The van der Waals surface area contributed by atoms with Crippen molar-refractivity contribution in [2.24, 2.45) is 5.10 Å². The molecule has 0 aromatic heterocycles. The summed E-state index contributed by atoms with van der Waals surface area (Å²) in [5.41, 5.74) is 3.71. The van der Waals surface area contributed by atoms with Gasteiger partial charge in [-0.05, 0) is 54.8 Å². The predicted molar refractivity (Wildman–Crippen MR) is 106 cm³/mol. The monoisotopic (exact) mass is 387 g/mol. The molecule has 0 spiro atoms. The van der Waals surface area contributed by atoms with Crippen LogP contribution in [0.4, 0.5) is 0 Å². The van der Waals surface area contributed by atoms with E-state index in [1.54, 1.807) is 48.5 Å². The van der Waals surface area contributed by atoms with Gasteiger partial charge in [0.15, 0.2) is 0 Å². The van der Waals surface area contributed by atoms with Crippen molar-refractivity contribution in [3.63, 3.8) is 0 Å². The smallest absolute Gasteiger partial charge is 0.252 e. The van der Waals surface area contributed by atoms with Crippen molar-refractivity contribution in [1.82, 2.24) is 10.7 Å². The van der Waals surface area contributed by atoms with E-state index in [0.29, 0.717) is 30.0 Å². The minimum absolute atomic E-state index is 0.162. The fourth-order valence-corrected chi connectivity index (χ4v) is 2.55. The Kier molecular flexibility index (Phi) is 8.32. The lowest BCUT2D eigenvalue weighted by Gasteiger charge is -2.06. The van der Waals surface area contributed by atoms with Gasteiger partial charge >= 0.3 is 0 Å². The number of rotatable bonds is 9. The Hall–Kier alpha value is -2.86. The number of hydrazone groups is 1. The molecule has 0 atom stereocenters. The number of nitrogens with one attached hydrogen (secondary N) is 2. The van der Waals surface area contributed by atoms with Gasteiger partial charge in [-0.1, -0.05) is 30.2 Å². The zero-order chi connectivity index (χ0) is 19.5. The quantitative estimate of drug-likeness (QED) is 0.349. The summed E-state index contributed by atoms with van der Waals surface area (Å²) in [6.07, 6.45) is 4.19. The minimum atomic E-state index is -0.193. The molecule has 142 valence electrons. The maximum absolute atomic E-state index is 12.0. The molecule has 6 nitrogen and oxygen atoms in total. The van der Waals surface area contributed by atoms with E-state index in [9.17, 15) is 14.7 Å². The Labute approximate surface area is 163 Å². The van der Waals surface area contributed by atoms with Crippen molar-refractivity contribution in [3.05, 3.63) is 64.7 Å². The molecular weight excluding hydrogens is 366 g/mol. The van der Waals surface area contributed by atoms with Crippen LogP contribution in [-0.2, 0) is 4.79 Å². The van der Waals surface area contributed by atoms with Gasteiger partial charge in [0.25, 0.3) is 5.91 Å². The molecule has 2 amide bonds. The second kappa shape index (κ2) is 11.0. The Morgan fingerprint density at radius 2 is 1.78 bits per heavy atom. The average molecular weight is 388 g/mol. The fourth-order valence-electron chi connectivity index (χ4n) is 2.32. The summed E-state index contributed by atoms with van der Waals surface area (Å²) >= 11 is 5.98. The number of carbonyl (C=O) groups excluding carboxylic acids is 2. The zero-order valence-corrected chi connectivity index (χ0v) is 15.6. The van der Waals surface area contributed by atoms with Crippen molar-refractivity contribution < 1.29 is 14.7 Å². The van der Waals surface area contributed by atoms with Crippen molar-refractivity contribution in [2.75, 3.05) is 6.54 Å². The number of amides is 2. The first-order chi connectivity index (χ1) is 13.1. The number of aromatic hydroxyl groups is 1. The lowest BCUT2D eigenvalue weighted by atomic mass is 10.1. The largest absolute Gasteiger partial charge is 0.508 e. The molecule has 0 aliphatic rings. The van der Waals surface area contributed by atoms with Crippen molar-refractivity contribution >= 4 is 29.6 Å². The minimum Gasteiger partial charge on any atom is -0.508 e. The second-order valence-corrected chi connectivity index (χ2v) is 6.34. The maximum Gasteiger partial charge on any atom is 0.252 e. The lowest BCUT2D eigenvalue weighted by molar-refractivity contribution is -0.121. The van der Waals surface area contributed by atoms with Gasteiger partial charge in [-0.2, -0.15) is 5.10 Å². The van der Waals surface area contributed by atoms with Crippen LogP contribution >= 0.6 is 11.6 Å². The number of carbonyl (C=O) groups is 2. The number of hydrogen-bond donors (Lipinski definition) is 3.